The Kier molecular flexibility index (Phi) is 3.13. The van der Waals surface area contributed by atoms with E-state index in [1.54, 1.807) is 13.3 Å². The number of rotatable bonds is 3. The van der Waals surface area contributed by atoms with Gasteiger partial charge in [0.1, 0.15) is 5.75 Å². The largest absolute Gasteiger partial charge is 0.497 e. The molecule has 0 fully saturated rings. The lowest BCUT2D eigenvalue weighted by Crippen LogP contribution is -1.84. The zero-order chi connectivity index (χ0) is 13.9. The zero-order valence-electron chi connectivity index (χ0n) is 11.0. The van der Waals surface area contributed by atoms with E-state index in [0.717, 1.165) is 16.9 Å². The second kappa shape index (κ2) is 5.09. The van der Waals surface area contributed by atoms with Crippen LogP contribution in [0.25, 0.3) is 22.8 Å². The third-order valence-corrected chi connectivity index (χ3v) is 2.99. The van der Waals surface area contributed by atoms with Crippen molar-refractivity contribution < 1.29 is 9.15 Å². The molecular weight excluding hydrogens is 252 g/mol. The lowest BCUT2D eigenvalue weighted by atomic mass is 10.2. The van der Waals surface area contributed by atoms with E-state index >= 15 is 0 Å². The Morgan fingerprint density at radius 3 is 2.65 bits per heavy atom. The number of methoxy groups -OCH3 is 1. The first-order valence-electron chi connectivity index (χ1n) is 6.22. The number of hydrogen-bond acceptors (Lipinski definition) is 4. The molecule has 0 saturated heterocycles. The minimum absolute atomic E-state index is 0.551. The van der Waals surface area contributed by atoms with Gasteiger partial charge in [-0.15, -0.1) is 0 Å². The van der Waals surface area contributed by atoms with Crippen molar-refractivity contribution in [3.05, 3.63) is 54.7 Å². The van der Waals surface area contributed by atoms with E-state index in [-0.39, 0.29) is 0 Å². The predicted octanol–water partition coefficient (Wildman–Crippen LogP) is 3.60. The molecule has 4 heteroatoms. The van der Waals surface area contributed by atoms with Crippen LogP contribution in [0.4, 0.5) is 5.69 Å². The van der Waals surface area contributed by atoms with Gasteiger partial charge in [-0.3, -0.25) is 0 Å². The smallest absolute Gasteiger partial charge is 0.226 e. The summed E-state index contributed by atoms with van der Waals surface area (Å²) in [5, 5.41) is 0. The maximum Gasteiger partial charge on any atom is 0.226 e. The Morgan fingerprint density at radius 2 is 1.85 bits per heavy atom. The van der Waals surface area contributed by atoms with Crippen molar-refractivity contribution in [3.8, 4) is 28.5 Å². The van der Waals surface area contributed by atoms with Crippen LogP contribution in [0.2, 0.25) is 0 Å². The second-order valence-corrected chi connectivity index (χ2v) is 4.39. The zero-order valence-corrected chi connectivity index (χ0v) is 11.0. The van der Waals surface area contributed by atoms with Crippen molar-refractivity contribution in [1.29, 1.82) is 0 Å². The lowest BCUT2D eigenvalue weighted by Gasteiger charge is -2.01. The maximum atomic E-state index is 5.79. The highest BCUT2D eigenvalue weighted by Crippen LogP contribution is 2.28. The number of anilines is 1. The van der Waals surface area contributed by atoms with Gasteiger partial charge in [-0.25, -0.2) is 4.98 Å². The highest BCUT2D eigenvalue weighted by atomic mass is 16.5. The van der Waals surface area contributed by atoms with E-state index in [1.165, 1.54) is 0 Å². The van der Waals surface area contributed by atoms with E-state index in [1.807, 2.05) is 48.5 Å². The van der Waals surface area contributed by atoms with Crippen LogP contribution >= 0.6 is 0 Å². The van der Waals surface area contributed by atoms with E-state index in [2.05, 4.69) is 4.98 Å². The van der Waals surface area contributed by atoms with Gasteiger partial charge >= 0.3 is 0 Å². The van der Waals surface area contributed by atoms with E-state index in [0.29, 0.717) is 17.3 Å². The third-order valence-electron chi connectivity index (χ3n) is 2.99. The van der Waals surface area contributed by atoms with Crippen LogP contribution in [-0.2, 0) is 0 Å². The fourth-order valence-electron chi connectivity index (χ4n) is 1.99. The lowest BCUT2D eigenvalue weighted by molar-refractivity contribution is 0.415. The minimum Gasteiger partial charge on any atom is -0.497 e. The number of nitrogens with two attached hydrogens (primary N) is 1. The molecule has 0 aliphatic rings. The van der Waals surface area contributed by atoms with Crippen LogP contribution < -0.4 is 10.5 Å². The molecule has 0 radical (unpaired) electrons. The van der Waals surface area contributed by atoms with Crippen LogP contribution in [0, 0.1) is 0 Å². The molecule has 4 nitrogen and oxygen atoms in total. The summed E-state index contributed by atoms with van der Waals surface area (Å²) in [6.45, 7) is 0. The Balaban J connectivity index is 1.97. The van der Waals surface area contributed by atoms with Crippen molar-refractivity contribution in [2.24, 2.45) is 0 Å². The molecule has 1 aromatic heterocycles. The van der Waals surface area contributed by atoms with Crippen molar-refractivity contribution in [3.63, 3.8) is 0 Å². The van der Waals surface area contributed by atoms with Crippen molar-refractivity contribution in [1.82, 2.24) is 4.98 Å². The van der Waals surface area contributed by atoms with E-state index in [9.17, 15) is 0 Å². The Hall–Kier alpha value is -2.75. The number of nitrogens with zero attached hydrogens (tertiary/aromatic N) is 1. The van der Waals surface area contributed by atoms with Gasteiger partial charge in [0, 0.05) is 16.8 Å². The summed E-state index contributed by atoms with van der Waals surface area (Å²) < 4.78 is 11.0. The van der Waals surface area contributed by atoms with Crippen molar-refractivity contribution in [2.45, 2.75) is 0 Å². The topological polar surface area (TPSA) is 61.3 Å². The molecule has 0 unspecified atom stereocenters. The van der Waals surface area contributed by atoms with E-state index in [4.69, 9.17) is 14.9 Å². The Morgan fingerprint density at radius 1 is 1.05 bits per heavy atom. The second-order valence-electron chi connectivity index (χ2n) is 4.39. The fraction of sp³-hybridized carbons (Fsp3) is 0.0625. The van der Waals surface area contributed by atoms with Crippen LogP contribution in [0.15, 0.2) is 59.1 Å². The van der Waals surface area contributed by atoms with Gasteiger partial charge in [-0.05, 0) is 30.3 Å². The minimum atomic E-state index is 0.551. The summed E-state index contributed by atoms with van der Waals surface area (Å²) in [6, 6.07) is 15.1. The first-order chi connectivity index (χ1) is 9.76. The number of aromatic nitrogens is 1. The molecule has 0 aliphatic carbocycles. The average Bonchev–Trinajstić information content (AvgIpc) is 2.97. The number of ether oxygens (including phenoxy) is 1. The molecule has 2 N–H and O–H groups in total. The molecule has 0 spiro atoms. The third kappa shape index (κ3) is 2.36. The fourth-order valence-corrected chi connectivity index (χ4v) is 1.99. The van der Waals surface area contributed by atoms with Crippen molar-refractivity contribution in [2.75, 3.05) is 12.8 Å². The van der Waals surface area contributed by atoms with Crippen LogP contribution in [0.1, 0.15) is 0 Å². The van der Waals surface area contributed by atoms with Gasteiger partial charge in [-0.2, -0.15) is 0 Å². The SMILES string of the molecule is COc1cccc(-c2cnc(-c3cccc(N)c3)o2)c1. The van der Waals surface area contributed by atoms with Crippen molar-refractivity contribution >= 4 is 5.69 Å². The summed E-state index contributed by atoms with van der Waals surface area (Å²) in [5.41, 5.74) is 8.23. The van der Waals surface area contributed by atoms with Gasteiger partial charge in [0.25, 0.3) is 0 Å². The number of oxazole rings is 1. The summed E-state index contributed by atoms with van der Waals surface area (Å²) in [6.07, 6.45) is 1.70. The number of hydrogen-bond donors (Lipinski definition) is 1. The molecule has 0 amide bonds. The predicted molar refractivity (Wildman–Crippen MR) is 78.3 cm³/mol. The summed E-state index contributed by atoms with van der Waals surface area (Å²) in [7, 11) is 1.64. The molecule has 100 valence electrons. The number of nitrogen functional groups attached to an aromatic ring is 1. The number of benzene rings is 2. The molecule has 0 bridgehead atoms. The highest BCUT2D eigenvalue weighted by Gasteiger charge is 2.09. The van der Waals surface area contributed by atoms with Crippen LogP contribution in [0.5, 0.6) is 5.75 Å². The first kappa shape index (κ1) is 12.3. The highest BCUT2D eigenvalue weighted by molar-refractivity contribution is 5.64. The molecule has 1 heterocycles. The normalized spacial score (nSPS) is 10.4. The van der Waals surface area contributed by atoms with E-state index < -0.39 is 0 Å². The van der Waals surface area contributed by atoms with Gasteiger partial charge < -0.3 is 14.9 Å². The molecule has 0 atom stereocenters. The molecule has 20 heavy (non-hydrogen) atoms. The summed E-state index contributed by atoms with van der Waals surface area (Å²) >= 11 is 0. The Labute approximate surface area is 116 Å². The summed E-state index contributed by atoms with van der Waals surface area (Å²) in [4.78, 5) is 4.30. The molecule has 0 saturated carbocycles. The molecule has 2 aromatic carbocycles. The van der Waals surface area contributed by atoms with Gasteiger partial charge in [0.05, 0.1) is 13.3 Å². The molecule has 3 rings (SSSR count). The summed E-state index contributed by atoms with van der Waals surface area (Å²) in [5.74, 6) is 2.03. The monoisotopic (exact) mass is 266 g/mol. The maximum absolute atomic E-state index is 5.79. The van der Waals surface area contributed by atoms with Crippen LogP contribution in [0.3, 0.4) is 0 Å². The van der Waals surface area contributed by atoms with Gasteiger partial charge in [0.15, 0.2) is 5.76 Å². The molecular formula is C16H14N2O2. The molecule has 3 aromatic rings. The standard InChI is InChI=1S/C16H14N2O2/c1-19-14-7-3-4-11(9-14)15-10-18-16(20-15)12-5-2-6-13(17)8-12/h2-10H,17H2,1H3. The average molecular weight is 266 g/mol. The first-order valence-corrected chi connectivity index (χ1v) is 6.22. The molecule has 0 aliphatic heterocycles. The quantitative estimate of drug-likeness (QED) is 0.736. The van der Waals surface area contributed by atoms with Gasteiger partial charge in [-0.1, -0.05) is 18.2 Å². The Bertz CT molecular complexity index is 735. The van der Waals surface area contributed by atoms with Crippen LogP contribution in [-0.4, -0.2) is 12.1 Å². The van der Waals surface area contributed by atoms with Gasteiger partial charge in [0.2, 0.25) is 5.89 Å².